The van der Waals surface area contributed by atoms with Crippen LogP contribution in [-0.4, -0.2) is 40.5 Å². The summed E-state index contributed by atoms with van der Waals surface area (Å²) in [7, 11) is 0. The average Bonchev–Trinajstić information content (AvgIpc) is 2.94. The van der Waals surface area contributed by atoms with Gasteiger partial charge in [0, 0.05) is 32.1 Å². The minimum Gasteiger partial charge on any atom is -0.354 e. The number of rotatable bonds is 7. The molecule has 0 fully saturated rings. The van der Waals surface area contributed by atoms with Gasteiger partial charge in [0.05, 0.1) is 18.3 Å². The molecule has 1 aliphatic rings. The van der Waals surface area contributed by atoms with Crippen molar-refractivity contribution in [2.45, 2.75) is 52.1 Å². The van der Waals surface area contributed by atoms with Gasteiger partial charge in [-0.2, -0.15) is 0 Å². The van der Waals surface area contributed by atoms with Gasteiger partial charge in [-0.15, -0.1) is 24.8 Å². The third kappa shape index (κ3) is 7.22. The van der Waals surface area contributed by atoms with Crippen LogP contribution < -0.4 is 16.4 Å². The topological polar surface area (TPSA) is 102 Å². The minimum absolute atomic E-state index is 0. The molecule has 9 heteroatoms. The second-order valence-electron chi connectivity index (χ2n) is 6.39. The number of hydrogen-bond acceptors (Lipinski definition) is 4. The lowest BCUT2D eigenvalue weighted by atomic mass is 10.1. The Bertz CT molecular complexity index is 539. The average molecular weight is 394 g/mol. The highest BCUT2D eigenvalue weighted by atomic mass is 35.5. The molecule has 1 aromatic rings. The number of aryl methyl sites for hydroxylation is 2. The molecule has 0 spiro atoms. The molecule has 2 amide bonds. The highest BCUT2D eigenvalue weighted by Gasteiger charge is 2.17. The fourth-order valence-electron chi connectivity index (χ4n) is 2.57. The normalized spacial score (nSPS) is 13.9. The Labute approximate surface area is 161 Å². The summed E-state index contributed by atoms with van der Waals surface area (Å²) in [5.41, 5.74) is 6.72. The van der Waals surface area contributed by atoms with Gasteiger partial charge >= 0.3 is 0 Å². The lowest BCUT2D eigenvalue weighted by molar-refractivity contribution is -0.127. The smallest absolute Gasteiger partial charge is 0.239 e. The van der Waals surface area contributed by atoms with Crippen molar-refractivity contribution in [1.29, 1.82) is 0 Å². The van der Waals surface area contributed by atoms with Crippen LogP contribution in [0.15, 0.2) is 6.20 Å². The maximum absolute atomic E-state index is 11.7. The molecule has 0 saturated heterocycles. The van der Waals surface area contributed by atoms with Crippen molar-refractivity contribution >= 4 is 36.6 Å². The van der Waals surface area contributed by atoms with E-state index in [9.17, 15) is 9.59 Å². The van der Waals surface area contributed by atoms with E-state index in [1.807, 2.05) is 13.8 Å². The predicted octanol–water partition coefficient (Wildman–Crippen LogP) is 0.821. The van der Waals surface area contributed by atoms with Crippen LogP contribution in [0.25, 0.3) is 0 Å². The van der Waals surface area contributed by atoms with Crippen LogP contribution in [0.5, 0.6) is 0 Å². The van der Waals surface area contributed by atoms with Crippen molar-refractivity contribution < 1.29 is 9.59 Å². The summed E-state index contributed by atoms with van der Waals surface area (Å²) < 4.78 is 2.20. The van der Waals surface area contributed by atoms with Gasteiger partial charge in [-0.3, -0.25) is 9.59 Å². The summed E-state index contributed by atoms with van der Waals surface area (Å²) in [6.07, 6.45) is 6.22. The predicted molar refractivity (Wildman–Crippen MR) is 102 cm³/mol. The summed E-state index contributed by atoms with van der Waals surface area (Å²) in [5, 5.41) is 5.35. The third-order valence-electron chi connectivity index (χ3n) is 4.11. The zero-order valence-corrected chi connectivity index (χ0v) is 16.4. The van der Waals surface area contributed by atoms with E-state index in [1.165, 1.54) is 12.8 Å². The first-order chi connectivity index (χ1) is 11.0. The SMILES string of the molecule is CC(C)[C@H](N)C(=O)NCC(=O)NCCc1cn2c(n1)CCCC2.Cl.Cl. The molecule has 1 aliphatic heterocycles. The van der Waals surface area contributed by atoms with Crippen molar-refractivity contribution in [1.82, 2.24) is 20.2 Å². The number of aromatic nitrogens is 2. The van der Waals surface area contributed by atoms with Crippen LogP contribution in [0.1, 0.15) is 38.2 Å². The number of nitrogens with two attached hydrogens (primary N) is 1. The molecule has 7 nitrogen and oxygen atoms in total. The second kappa shape index (κ2) is 11.3. The molecule has 0 aromatic carbocycles. The van der Waals surface area contributed by atoms with Gasteiger partial charge in [-0.05, 0) is 18.8 Å². The van der Waals surface area contributed by atoms with Crippen LogP contribution in [0.4, 0.5) is 0 Å². The minimum atomic E-state index is -0.584. The number of imidazole rings is 1. The number of nitrogens with one attached hydrogen (secondary N) is 2. The maximum Gasteiger partial charge on any atom is 0.239 e. The molecule has 1 aromatic heterocycles. The quantitative estimate of drug-likeness (QED) is 0.637. The van der Waals surface area contributed by atoms with E-state index >= 15 is 0 Å². The van der Waals surface area contributed by atoms with Crippen LogP contribution in [-0.2, 0) is 29.0 Å². The fourth-order valence-corrected chi connectivity index (χ4v) is 2.57. The van der Waals surface area contributed by atoms with Crippen molar-refractivity contribution in [2.24, 2.45) is 11.7 Å². The van der Waals surface area contributed by atoms with Gasteiger partial charge in [0.1, 0.15) is 5.82 Å². The lowest BCUT2D eigenvalue weighted by Gasteiger charge is -2.15. The van der Waals surface area contributed by atoms with Crippen molar-refractivity contribution in [2.75, 3.05) is 13.1 Å². The molecular formula is C16H29Cl2N5O2. The van der Waals surface area contributed by atoms with Crippen molar-refractivity contribution in [3.05, 3.63) is 17.7 Å². The first-order valence-electron chi connectivity index (χ1n) is 8.32. The molecule has 25 heavy (non-hydrogen) atoms. The van der Waals surface area contributed by atoms with E-state index in [2.05, 4.69) is 26.4 Å². The van der Waals surface area contributed by atoms with Gasteiger partial charge in [0.2, 0.25) is 11.8 Å². The maximum atomic E-state index is 11.7. The fraction of sp³-hybridized carbons (Fsp3) is 0.688. The standard InChI is InChI=1S/C16H27N5O2.2ClH/c1-11(2)15(17)16(23)19-9-14(22)18-7-6-12-10-21-8-4-3-5-13(21)20-12;;/h10-11,15H,3-9,17H2,1-2H3,(H,18,22)(H,19,23);2*1H/t15-;;/m0../s1. The lowest BCUT2D eigenvalue weighted by Crippen LogP contribution is -2.47. The number of amides is 2. The van der Waals surface area contributed by atoms with Gasteiger partial charge in [0.25, 0.3) is 0 Å². The zero-order chi connectivity index (χ0) is 16.8. The molecule has 1 atom stereocenters. The highest BCUT2D eigenvalue weighted by molar-refractivity contribution is 5.87. The Balaban J connectivity index is 0.00000288. The largest absolute Gasteiger partial charge is 0.354 e. The van der Waals surface area contributed by atoms with Crippen LogP contribution in [0, 0.1) is 5.92 Å². The summed E-state index contributed by atoms with van der Waals surface area (Å²) in [5.74, 6) is 0.688. The molecule has 4 N–H and O–H groups in total. The molecule has 0 unspecified atom stereocenters. The number of nitrogens with zero attached hydrogens (tertiary/aromatic N) is 2. The van der Waals surface area contributed by atoms with Crippen LogP contribution in [0.2, 0.25) is 0 Å². The van der Waals surface area contributed by atoms with E-state index in [0.717, 1.165) is 24.5 Å². The van der Waals surface area contributed by atoms with Gasteiger partial charge < -0.3 is 20.9 Å². The second-order valence-corrected chi connectivity index (χ2v) is 6.39. The molecule has 0 bridgehead atoms. The molecule has 144 valence electrons. The van der Waals surface area contributed by atoms with Crippen LogP contribution >= 0.6 is 24.8 Å². The monoisotopic (exact) mass is 393 g/mol. The molecule has 2 rings (SSSR count). The first kappa shape index (κ1) is 23.7. The Morgan fingerprint density at radius 3 is 2.64 bits per heavy atom. The Hall–Kier alpha value is -1.31. The number of carbonyl (C=O) groups excluding carboxylic acids is 2. The van der Waals surface area contributed by atoms with Crippen molar-refractivity contribution in [3.8, 4) is 0 Å². The first-order valence-corrected chi connectivity index (χ1v) is 8.32. The Kier molecular flexibility index (Phi) is 10.7. The summed E-state index contributed by atoms with van der Waals surface area (Å²) in [6, 6.07) is -0.584. The molecule has 0 aliphatic carbocycles. The van der Waals surface area contributed by atoms with E-state index < -0.39 is 6.04 Å². The zero-order valence-electron chi connectivity index (χ0n) is 14.8. The number of carbonyl (C=O) groups is 2. The number of hydrogen-bond donors (Lipinski definition) is 3. The number of halogens is 2. The van der Waals surface area contributed by atoms with Gasteiger partial charge in [-0.25, -0.2) is 4.98 Å². The van der Waals surface area contributed by atoms with E-state index in [4.69, 9.17) is 5.73 Å². The van der Waals surface area contributed by atoms with E-state index in [1.54, 1.807) is 0 Å². The molecule has 0 saturated carbocycles. The van der Waals surface area contributed by atoms with Crippen LogP contribution in [0.3, 0.4) is 0 Å². The number of fused-ring (bicyclic) bond motifs is 1. The summed E-state index contributed by atoms with van der Waals surface area (Å²) in [6.45, 7) is 5.25. The van der Waals surface area contributed by atoms with Gasteiger partial charge in [0.15, 0.2) is 0 Å². The third-order valence-corrected chi connectivity index (χ3v) is 4.11. The Morgan fingerprint density at radius 2 is 2.00 bits per heavy atom. The molecule has 0 radical (unpaired) electrons. The Morgan fingerprint density at radius 1 is 1.28 bits per heavy atom. The van der Waals surface area contributed by atoms with E-state index in [0.29, 0.717) is 13.0 Å². The van der Waals surface area contributed by atoms with Crippen molar-refractivity contribution in [3.63, 3.8) is 0 Å². The van der Waals surface area contributed by atoms with Gasteiger partial charge in [-0.1, -0.05) is 13.8 Å². The highest BCUT2D eigenvalue weighted by Crippen LogP contribution is 2.14. The van der Waals surface area contributed by atoms with E-state index in [-0.39, 0.29) is 49.1 Å². The summed E-state index contributed by atoms with van der Waals surface area (Å²) >= 11 is 0. The molecule has 2 heterocycles. The summed E-state index contributed by atoms with van der Waals surface area (Å²) in [4.78, 5) is 28.0. The molecular weight excluding hydrogens is 365 g/mol.